The predicted octanol–water partition coefficient (Wildman–Crippen LogP) is 2.20. The van der Waals surface area contributed by atoms with Gasteiger partial charge in [-0.1, -0.05) is 6.92 Å². The standard InChI is InChI=1S/C12H15BrN4/c1-2-14-6-12-8-17(9-16-12)7-11-4-3-10(13)5-15-11/h3-5,8-9,14H,2,6-7H2,1H3. The minimum Gasteiger partial charge on any atom is -0.331 e. The summed E-state index contributed by atoms with van der Waals surface area (Å²) in [6, 6.07) is 4.01. The van der Waals surface area contributed by atoms with Crippen molar-refractivity contribution in [2.24, 2.45) is 0 Å². The number of pyridine rings is 1. The van der Waals surface area contributed by atoms with Gasteiger partial charge in [0.15, 0.2) is 0 Å². The van der Waals surface area contributed by atoms with Crippen LogP contribution in [0.25, 0.3) is 0 Å². The van der Waals surface area contributed by atoms with Crippen LogP contribution in [0.5, 0.6) is 0 Å². The Morgan fingerprint density at radius 1 is 1.29 bits per heavy atom. The molecule has 2 aromatic rings. The molecule has 2 rings (SSSR count). The predicted molar refractivity (Wildman–Crippen MR) is 70.6 cm³/mol. The minimum atomic E-state index is 0.756. The average Bonchev–Trinajstić information content (AvgIpc) is 2.77. The Hall–Kier alpha value is -1.20. The molecule has 2 aromatic heterocycles. The van der Waals surface area contributed by atoms with Crippen LogP contribution in [0.3, 0.4) is 0 Å². The van der Waals surface area contributed by atoms with E-state index in [-0.39, 0.29) is 0 Å². The molecule has 0 spiro atoms. The average molecular weight is 295 g/mol. The summed E-state index contributed by atoms with van der Waals surface area (Å²) >= 11 is 3.37. The lowest BCUT2D eigenvalue weighted by molar-refractivity contribution is 0.711. The quantitative estimate of drug-likeness (QED) is 0.919. The molecule has 0 unspecified atom stereocenters. The van der Waals surface area contributed by atoms with Crippen molar-refractivity contribution < 1.29 is 0 Å². The molecule has 0 aromatic carbocycles. The van der Waals surface area contributed by atoms with Crippen molar-refractivity contribution in [3.05, 3.63) is 46.7 Å². The van der Waals surface area contributed by atoms with Gasteiger partial charge in [-0.25, -0.2) is 4.98 Å². The van der Waals surface area contributed by atoms with E-state index < -0.39 is 0 Å². The van der Waals surface area contributed by atoms with Crippen molar-refractivity contribution >= 4 is 15.9 Å². The molecule has 0 aliphatic heterocycles. The molecule has 0 atom stereocenters. The second kappa shape index (κ2) is 5.93. The molecule has 0 aliphatic carbocycles. The third-order valence-electron chi connectivity index (χ3n) is 2.38. The fourth-order valence-corrected chi connectivity index (χ4v) is 1.76. The highest BCUT2D eigenvalue weighted by atomic mass is 79.9. The molecule has 0 saturated heterocycles. The van der Waals surface area contributed by atoms with Crippen molar-refractivity contribution in [3.8, 4) is 0 Å². The maximum atomic E-state index is 4.33. The summed E-state index contributed by atoms with van der Waals surface area (Å²) < 4.78 is 3.04. The fourth-order valence-electron chi connectivity index (χ4n) is 1.52. The zero-order valence-corrected chi connectivity index (χ0v) is 11.3. The maximum Gasteiger partial charge on any atom is 0.0953 e. The molecule has 0 radical (unpaired) electrons. The highest BCUT2D eigenvalue weighted by molar-refractivity contribution is 9.10. The lowest BCUT2D eigenvalue weighted by Crippen LogP contribution is -2.11. The van der Waals surface area contributed by atoms with Crippen LogP contribution in [0.2, 0.25) is 0 Å². The van der Waals surface area contributed by atoms with Gasteiger partial charge in [0, 0.05) is 23.4 Å². The van der Waals surface area contributed by atoms with E-state index >= 15 is 0 Å². The molecule has 2 heterocycles. The number of imidazole rings is 1. The van der Waals surface area contributed by atoms with E-state index in [4.69, 9.17) is 0 Å². The van der Waals surface area contributed by atoms with Gasteiger partial charge in [0.2, 0.25) is 0 Å². The smallest absolute Gasteiger partial charge is 0.0953 e. The Labute approximate surface area is 109 Å². The zero-order chi connectivity index (χ0) is 12.1. The van der Waals surface area contributed by atoms with Crippen LogP contribution >= 0.6 is 15.9 Å². The van der Waals surface area contributed by atoms with E-state index in [9.17, 15) is 0 Å². The monoisotopic (exact) mass is 294 g/mol. The van der Waals surface area contributed by atoms with E-state index in [0.29, 0.717) is 0 Å². The van der Waals surface area contributed by atoms with Crippen molar-refractivity contribution in [1.82, 2.24) is 19.9 Å². The van der Waals surface area contributed by atoms with Gasteiger partial charge < -0.3 is 9.88 Å². The first-order chi connectivity index (χ1) is 8.28. The van der Waals surface area contributed by atoms with Crippen LogP contribution in [0.15, 0.2) is 35.3 Å². The van der Waals surface area contributed by atoms with Gasteiger partial charge in [-0.3, -0.25) is 4.98 Å². The molecule has 17 heavy (non-hydrogen) atoms. The van der Waals surface area contributed by atoms with E-state index in [1.165, 1.54) is 0 Å². The molecule has 0 aliphatic rings. The van der Waals surface area contributed by atoms with Gasteiger partial charge in [0.25, 0.3) is 0 Å². The number of hydrogen-bond donors (Lipinski definition) is 1. The molecule has 0 bridgehead atoms. The molecule has 1 N–H and O–H groups in total. The van der Waals surface area contributed by atoms with Crippen molar-refractivity contribution in [1.29, 1.82) is 0 Å². The van der Waals surface area contributed by atoms with Gasteiger partial charge >= 0.3 is 0 Å². The van der Waals surface area contributed by atoms with Gasteiger partial charge in [-0.2, -0.15) is 0 Å². The number of halogens is 1. The Kier molecular flexibility index (Phi) is 4.28. The number of nitrogens with zero attached hydrogens (tertiary/aromatic N) is 3. The highest BCUT2D eigenvalue weighted by Crippen LogP contribution is 2.08. The molecular formula is C12H15BrN4. The summed E-state index contributed by atoms with van der Waals surface area (Å²) in [7, 11) is 0. The Bertz CT molecular complexity index is 464. The largest absolute Gasteiger partial charge is 0.331 e. The Balaban J connectivity index is 1.98. The second-order valence-corrected chi connectivity index (χ2v) is 4.70. The van der Waals surface area contributed by atoms with Crippen LogP contribution in [0.4, 0.5) is 0 Å². The molecule has 5 heteroatoms. The summed E-state index contributed by atoms with van der Waals surface area (Å²) in [6.07, 6.45) is 5.70. The molecule has 0 amide bonds. The van der Waals surface area contributed by atoms with Crippen molar-refractivity contribution in [3.63, 3.8) is 0 Å². The lowest BCUT2D eigenvalue weighted by atomic mass is 10.3. The first kappa shape index (κ1) is 12.3. The highest BCUT2D eigenvalue weighted by Gasteiger charge is 2.00. The van der Waals surface area contributed by atoms with Crippen LogP contribution in [-0.2, 0) is 13.1 Å². The molecule has 90 valence electrons. The SMILES string of the molecule is CCNCc1cn(Cc2ccc(Br)cn2)cn1. The number of nitrogens with one attached hydrogen (secondary N) is 1. The van der Waals surface area contributed by atoms with Gasteiger partial charge in [-0.15, -0.1) is 0 Å². The number of aromatic nitrogens is 3. The van der Waals surface area contributed by atoms with Gasteiger partial charge in [0.1, 0.15) is 0 Å². The maximum absolute atomic E-state index is 4.33. The number of hydrogen-bond acceptors (Lipinski definition) is 3. The minimum absolute atomic E-state index is 0.756. The van der Waals surface area contributed by atoms with Crippen molar-refractivity contribution in [2.75, 3.05) is 6.54 Å². The molecule has 0 fully saturated rings. The number of rotatable bonds is 5. The van der Waals surface area contributed by atoms with E-state index in [0.717, 1.165) is 35.5 Å². The Morgan fingerprint density at radius 2 is 2.18 bits per heavy atom. The first-order valence-corrected chi connectivity index (χ1v) is 6.39. The van der Waals surface area contributed by atoms with Crippen LogP contribution in [0.1, 0.15) is 18.3 Å². The van der Waals surface area contributed by atoms with E-state index in [1.54, 1.807) is 0 Å². The van der Waals surface area contributed by atoms with Crippen LogP contribution < -0.4 is 5.32 Å². The van der Waals surface area contributed by atoms with E-state index in [1.807, 2.05) is 35.4 Å². The van der Waals surface area contributed by atoms with E-state index in [2.05, 4.69) is 38.1 Å². The summed E-state index contributed by atoms with van der Waals surface area (Å²) in [5.41, 5.74) is 2.09. The topological polar surface area (TPSA) is 42.7 Å². The summed E-state index contributed by atoms with van der Waals surface area (Å²) in [6.45, 7) is 4.62. The van der Waals surface area contributed by atoms with Gasteiger partial charge in [0.05, 0.1) is 24.3 Å². The summed E-state index contributed by atoms with van der Waals surface area (Å²) in [5, 5.41) is 3.25. The zero-order valence-electron chi connectivity index (χ0n) is 9.73. The van der Waals surface area contributed by atoms with Gasteiger partial charge in [-0.05, 0) is 34.6 Å². The Morgan fingerprint density at radius 3 is 2.88 bits per heavy atom. The first-order valence-electron chi connectivity index (χ1n) is 5.59. The third-order valence-corrected chi connectivity index (χ3v) is 2.85. The summed E-state index contributed by atoms with van der Waals surface area (Å²) in [4.78, 5) is 8.66. The summed E-state index contributed by atoms with van der Waals surface area (Å²) in [5.74, 6) is 0. The molecule has 4 nitrogen and oxygen atoms in total. The molecule has 0 saturated carbocycles. The normalized spacial score (nSPS) is 10.7. The van der Waals surface area contributed by atoms with Crippen LogP contribution in [0, 0.1) is 0 Å². The fraction of sp³-hybridized carbons (Fsp3) is 0.333. The lowest BCUT2D eigenvalue weighted by Gasteiger charge is -2.01. The van der Waals surface area contributed by atoms with Crippen molar-refractivity contribution in [2.45, 2.75) is 20.0 Å². The third kappa shape index (κ3) is 3.64. The molecular weight excluding hydrogens is 280 g/mol. The van der Waals surface area contributed by atoms with Crippen LogP contribution in [-0.4, -0.2) is 21.1 Å². The second-order valence-electron chi connectivity index (χ2n) is 3.79.